The summed E-state index contributed by atoms with van der Waals surface area (Å²) in [5.74, 6) is -0.869. The number of piperidine rings is 1. The smallest absolute Gasteiger partial charge is 0.299 e. The molecule has 5 amide bonds. The van der Waals surface area contributed by atoms with Crippen LogP contribution in [0.25, 0.3) is 0 Å². The van der Waals surface area contributed by atoms with E-state index in [1.807, 2.05) is 6.07 Å². The highest BCUT2D eigenvalue weighted by Crippen LogP contribution is 2.33. The van der Waals surface area contributed by atoms with Gasteiger partial charge in [0.15, 0.2) is 0 Å². The number of hydrogen-bond donors (Lipinski definition) is 1. The lowest BCUT2D eigenvalue weighted by atomic mass is 9.89. The maximum atomic E-state index is 13.0. The molecule has 3 aliphatic rings. The number of fused-ring (bicyclic) bond motifs is 1. The molecule has 0 bridgehead atoms. The van der Waals surface area contributed by atoms with Crippen LogP contribution in [0, 0.1) is 6.92 Å². The largest absolute Gasteiger partial charge is 0.343 e. The number of hydrazine groups is 1. The average Bonchev–Trinajstić information content (AvgIpc) is 3.30. The number of likely N-dealkylation sites (tertiary alicyclic amines) is 1. The monoisotopic (exact) mass is 452 g/mol. The van der Waals surface area contributed by atoms with Crippen molar-refractivity contribution in [3.05, 3.63) is 56.8 Å². The Kier molecular flexibility index (Phi) is 5.30. The van der Waals surface area contributed by atoms with Crippen molar-refractivity contribution >= 4 is 35.1 Å². The van der Waals surface area contributed by atoms with Gasteiger partial charge in [-0.1, -0.05) is 6.07 Å². The first-order chi connectivity index (χ1) is 15.4. The Morgan fingerprint density at radius 3 is 2.44 bits per heavy atom. The molecule has 5 rings (SSSR count). The summed E-state index contributed by atoms with van der Waals surface area (Å²) in [4.78, 5) is 51.7. The summed E-state index contributed by atoms with van der Waals surface area (Å²) in [5, 5.41) is 8.50. The first-order valence-electron chi connectivity index (χ1n) is 10.8. The van der Waals surface area contributed by atoms with Gasteiger partial charge in [-0.3, -0.25) is 24.6 Å². The normalized spacial score (nSPS) is 20.2. The number of carbonyl (C=O) groups excluding carboxylic acids is 4. The van der Waals surface area contributed by atoms with Crippen molar-refractivity contribution in [3.63, 3.8) is 0 Å². The molecule has 166 valence electrons. The van der Waals surface area contributed by atoms with Gasteiger partial charge in [-0.25, -0.2) is 9.80 Å². The van der Waals surface area contributed by atoms with Gasteiger partial charge >= 0.3 is 6.03 Å². The molecule has 0 spiro atoms. The maximum absolute atomic E-state index is 13.0. The Morgan fingerprint density at radius 2 is 1.75 bits per heavy atom. The third-order valence-corrected chi connectivity index (χ3v) is 7.41. The predicted molar refractivity (Wildman–Crippen MR) is 118 cm³/mol. The highest BCUT2D eigenvalue weighted by atomic mass is 32.1. The fraction of sp³-hybridized carbons (Fsp3) is 0.391. The number of urea groups is 1. The minimum Gasteiger partial charge on any atom is -0.299 e. The second-order valence-electron chi connectivity index (χ2n) is 8.59. The van der Waals surface area contributed by atoms with E-state index in [1.54, 1.807) is 23.5 Å². The maximum Gasteiger partial charge on any atom is 0.343 e. The van der Waals surface area contributed by atoms with Crippen molar-refractivity contribution in [3.8, 4) is 0 Å². The summed E-state index contributed by atoms with van der Waals surface area (Å²) < 4.78 is 0. The van der Waals surface area contributed by atoms with Gasteiger partial charge in [0.2, 0.25) is 5.91 Å². The molecular formula is C23H24N4O4S. The van der Waals surface area contributed by atoms with Crippen LogP contribution in [0.4, 0.5) is 4.79 Å². The second-order valence-corrected chi connectivity index (χ2v) is 9.33. The Hall–Kier alpha value is -3.04. The number of hydrogen-bond acceptors (Lipinski definition) is 6. The predicted octanol–water partition coefficient (Wildman–Crippen LogP) is 2.89. The van der Waals surface area contributed by atoms with E-state index in [0.29, 0.717) is 18.0 Å². The van der Waals surface area contributed by atoms with E-state index >= 15 is 0 Å². The number of aryl methyl sites for hydroxylation is 1. The van der Waals surface area contributed by atoms with Crippen LogP contribution < -0.4 is 5.32 Å². The molecule has 0 aliphatic carbocycles. The molecule has 1 aromatic carbocycles. The Morgan fingerprint density at radius 1 is 1.00 bits per heavy atom. The molecule has 4 heterocycles. The van der Waals surface area contributed by atoms with E-state index in [4.69, 9.17) is 0 Å². The lowest BCUT2D eigenvalue weighted by molar-refractivity contribution is -0.122. The molecule has 2 fully saturated rings. The van der Waals surface area contributed by atoms with Gasteiger partial charge in [-0.15, -0.1) is 0 Å². The van der Waals surface area contributed by atoms with Gasteiger partial charge < -0.3 is 0 Å². The molecule has 8 nitrogen and oxygen atoms in total. The first kappa shape index (κ1) is 20.8. The Bertz CT molecular complexity index is 1120. The van der Waals surface area contributed by atoms with Crippen molar-refractivity contribution in [2.75, 3.05) is 19.6 Å². The standard InChI is InChI=1S/C23H24N4O4S/c1-14-12-32-13-19(14)16-4-7-25(8-5-16)11-15-2-3-17-18(10-15)22(30)27(21(17)29)26-9-6-20(28)24-23(26)31/h2-3,10,12-13,16H,4-9,11H2,1H3,(H,24,28,31). The lowest BCUT2D eigenvalue weighted by Gasteiger charge is -2.32. The van der Waals surface area contributed by atoms with E-state index in [0.717, 1.165) is 41.5 Å². The van der Waals surface area contributed by atoms with Crippen molar-refractivity contribution in [1.29, 1.82) is 0 Å². The Balaban J connectivity index is 1.27. The minimum absolute atomic E-state index is 0.00153. The van der Waals surface area contributed by atoms with Gasteiger partial charge in [-0.2, -0.15) is 16.3 Å². The van der Waals surface area contributed by atoms with Crippen molar-refractivity contribution in [1.82, 2.24) is 20.2 Å². The fourth-order valence-electron chi connectivity index (χ4n) is 4.79. The summed E-state index contributed by atoms with van der Waals surface area (Å²) >= 11 is 1.76. The molecular weight excluding hydrogens is 428 g/mol. The van der Waals surface area contributed by atoms with E-state index in [9.17, 15) is 19.2 Å². The van der Waals surface area contributed by atoms with E-state index in [2.05, 4.69) is 27.9 Å². The van der Waals surface area contributed by atoms with Crippen molar-refractivity contribution in [2.45, 2.75) is 38.6 Å². The zero-order chi connectivity index (χ0) is 22.4. The molecule has 0 radical (unpaired) electrons. The van der Waals surface area contributed by atoms with E-state index in [-0.39, 0.29) is 18.5 Å². The van der Waals surface area contributed by atoms with Crippen molar-refractivity contribution < 1.29 is 19.2 Å². The van der Waals surface area contributed by atoms with Crippen LogP contribution in [0.15, 0.2) is 29.0 Å². The number of carbonyl (C=O) groups is 4. The zero-order valence-electron chi connectivity index (χ0n) is 17.8. The third-order valence-electron chi connectivity index (χ3n) is 6.53. The topological polar surface area (TPSA) is 90.0 Å². The van der Waals surface area contributed by atoms with Crippen LogP contribution in [-0.2, 0) is 11.3 Å². The number of nitrogens with zero attached hydrogens (tertiary/aromatic N) is 3. The summed E-state index contributed by atoms with van der Waals surface area (Å²) in [5.41, 5.74) is 4.41. The Labute approximate surface area is 189 Å². The average molecular weight is 453 g/mol. The van der Waals surface area contributed by atoms with Gasteiger partial charge in [0, 0.05) is 13.0 Å². The molecule has 2 saturated heterocycles. The number of amides is 5. The van der Waals surface area contributed by atoms with Crippen molar-refractivity contribution in [2.24, 2.45) is 0 Å². The molecule has 32 heavy (non-hydrogen) atoms. The minimum atomic E-state index is -0.750. The van der Waals surface area contributed by atoms with Gasteiger partial charge in [0.1, 0.15) is 0 Å². The summed E-state index contributed by atoms with van der Waals surface area (Å²) in [6.45, 7) is 4.86. The quantitative estimate of drug-likeness (QED) is 0.721. The van der Waals surface area contributed by atoms with Crippen LogP contribution in [0.2, 0.25) is 0 Å². The fourth-order valence-corrected chi connectivity index (χ4v) is 5.72. The van der Waals surface area contributed by atoms with Crippen LogP contribution in [0.5, 0.6) is 0 Å². The number of thiophene rings is 1. The van der Waals surface area contributed by atoms with Gasteiger partial charge in [0.25, 0.3) is 11.8 Å². The van der Waals surface area contributed by atoms with E-state index < -0.39 is 23.8 Å². The van der Waals surface area contributed by atoms with Crippen LogP contribution in [-0.4, -0.2) is 58.3 Å². The summed E-state index contributed by atoms with van der Waals surface area (Å²) in [6.07, 6.45) is 2.26. The molecule has 9 heteroatoms. The second kappa shape index (κ2) is 8.14. The first-order valence-corrected chi connectivity index (χ1v) is 11.7. The number of nitrogens with one attached hydrogen (secondary N) is 1. The highest BCUT2D eigenvalue weighted by Gasteiger charge is 2.43. The van der Waals surface area contributed by atoms with Crippen LogP contribution in [0.1, 0.15) is 62.6 Å². The van der Waals surface area contributed by atoms with E-state index in [1.165, 1.54) is 11.1 Å². The molecule has 2 aromatic rings. The third kappa shape index (κ3) is 3.61. The van der Waals surface area contributed by atoms with Crippen LogP contribution in [0.3, 0.4) is 0 Å². The number of imide groups is 2. The number of benzene rings is 1. The lowest BCUT2D eigenvalue weighted by Crippen LogP contribution is -2.58. The zero-order valence-corrected chi connectivity index (χ0v) is 18.6. The highest BCUT2D eigenvalue weighted by molar-refractivity contribution is 7.08. The molecule has 3 aliphatic heterocycles. The molecule has 1 N–H and O–H groups in total. The van der Waals surface area contributed by atoms with Gasteiger partial charge in [0.05, 0.1) is 17.7 Å². The molecule has 0 unspecified atom stereocenters. The van der Waals surface area contributed by atoms with Crippen LogP contribution >= 0.6 is 11.3 Å². The SMILES string of the molecule is Cc1cscc1C1CCN(Cc2ccc3c(c2)C(=O)N(N2CCC(=O)NC2=O)C3=O)CC1. The summed E-state index contributed by atoms with van der Waals surface area (Å²) in [6, 6.07) is 4.55. The molecule has 1 aromatic heterocycles. The molecule has 0 atom stereocenters. The number of rotatable bonds is 4. The molecule has 0 saturated carbocycles. The summed E-state index contributed by atoms with van der Waals surface area (Å²) in [7, 11) is 0. The van der Waals surface area contributed by atoms with Gasteiger partial charge in [-0.05, 0) is 78.4 Å².